The van der Waals surface area contributed by atoms with Crippen molar-refractivity contribution in [3.63, 3.8) is 0 Å². The molecule has 0 saturated heterocycles. The van der Waals surface area contributed by atoms with Crippen LogP contribution in [0.2, 0.25) is 0 Å². The number of nitrogens with zero attached hydrogens (tertiary/aromatic N) is 1. The molecule has 2 aliphatic rings. The van der Waals surface area contributed by atoms with Crippen LogP contribution in [0.1, 0.15) is 48.7 Å². The van der Waals surface area contributed by atoms with Crippen molar-refractivity contribution in [2.45, 2.75) is 39.5 Å². The molecule has 1 nitrogen and oxygen atoms in total. The Morgan fingerprint density at radius 3 is 3.00 bits per heavy atom. The maximum absolute atomic E-state index is 4.49. The lowest BCUT2D eigenvalue weighted by atomic mass is 9.91. The second-order valence-electron chi connectivity index (χ2n) is 5.31. The molecule has 1 heterocycles. The Balaban J connectivity index is 1.99. The van der Waals surface area contributed by atoms with Gasteiger partial charge < -0.3 is 0 Å². The van der Waals surface area contributed by atoms with Crippen molar-refractivity contribution in [3.8, 4) is 0 Å². The molecule has 2 heteroatoms. The fourth-order valence-corrected chi connectivity index (χ4v) is 3.74. The Hall–Kier alpha value is -0.630. The number of aromatic nitrogens is 1. The van der Waals surface area contributed by atoms with E-state index in [1.54, 1.807) is 22.0 Å². The first-order valence-corrected chi connectivity index (χ1v) is 6.60. The first-order valence-electron chi connectivity index (χ1n) is 5.83. The number of allylic oxidation sites excluding steroid dienone is 1. The monoisotopic (exact) mass is 219 g/mol. The fourth-order valence-electron chi connectivity index (χ4n) is 2.71. The first-order chi connectivity index (χ1) is 7.16. The molecule has 0 radical (unpaired) electrons. The van der Waals surface area contributed by atoms with E-state index in [0.29, 0.717) is 0 Å². The van der Waals surface area contributed by atoms with Gasteiger partial charge in [0.05, 0.1) is 5.69 Å². The minimum Gasteiger partial charge on any atom is -0.197 e. The molecule has 3 rings (SSSR count). The summed E-state index contributed by atoms with van der Waals surface area (Å²) in [6.45, 7) is 6.76. The van der Waals surface area contributed by atoms with Gasteiger partial charge in [-0.1, -0.05) is 25.5 Å². The van der Waals surface area contributed by atoms with Gasteiger partial charge in [0.25, 0.3) is 0 Å². The van der Waals surface area contributed by atoms with Crippen molar-refractivity contribution in [2.24, 2.45) is 11.8 Å². The largest absolute Gasteiger partial charge is 0.197 e. The van der Waals surface area contributed by atoms with E-state index in [2.05, 4.69) is 31.2 Å². The predicted molar refractivity (Wildman–Crippen MR) is 65.1 cm³/mol. The molecule has 1 saturated carbocycles. The van der Waals surface area contributed by atoms with Crippen LogP contribution in [0.4, 0.5) is 0 Å². The summed E-state index contributed by atoms with van der Waals surface area (Å²) >= 11 is 1.73. The molecule has 0 aliphatic heterocycles. The van der Waals surface area contributed by atoms with E-state index in [9.17, 15) is 0 Å². The van der Waals surface area contributed by atoms with E-state index < -0.39 is 0 Å². The molecule has 0 amide bonds. The molecule has 1 aromatic heterocycles. The first kappa shape index (κ1) is 9.59. The number of hydrogen-bond donors (Lipinski definition) is 0. The molecule has 0 aromatic carbocycles. The van der Waals surface area contributed by atoms with Crippen LogP contribution >= 0.6 is 11.5 Å². The zero-order valence-corrected chi connectivity index (χ0v) is 10.4. The lowest BCUT2D eigenvalue weighted by Crippen LogP contribution is -2.00. The number of aryl methyl sites for hydroxylation is 1. The normalized spacial score (nSPS) is 27.3. The Kier molecular flexibility index (Phi) is 2.03. The Bertz CT molecular complexity index is 428. The van der Waals surface area contributed by atoms with E-state index in [4.69, 9.17) is 0 Å². The molecule has 1 aromatic rings. The molecule has 0 bridgehead atoms. The quantitative estimate of drug-likeness (QED) is 0.732. The highest BCUT2D eigenvalue weighted by molar-refractivity contribution is 7.06. The standard InChI is InChI=1S/C13H17NS/c1-7(2)4-9-5-10-8(3)14-15-13(10)12-6-11(9)12/h5,7,11-12H,4,6H2,1-3H3. The third-order valence-corrected chi connectivity index (χ3v) is 4.60. The molecule has 15 heavy (non-hydrogen) atoms. The van der Waals surface area contributed by atoms with E-state index in [-0.39, 0.29) is 0 Å². The Morgan fingerprint density at radius 1 is 1.47 bits per heavy atom. The zero-order valence-electron chi connectivity index (χ0n) is 9.58. The summed E-state index contributed by atoms with van der Waals surface area (Å²) < 4.78 is 4.49. The van der Waals surface area contributed by atoms with Crippen LogP contribution in [0.15, 0.2) is 5.57 Å². The second kappa shape index (κ2) is 3.18. The van der Waals surface area contributed by atoms with Gasteiger partial charge in [0.1, 0.15) is 0 Å². The molecule has 0 spiro atoms. The van der Waals surface area contributed by atoms with Crippen LogP contribution in [0.25, 0.3) is 6.08 Å². The van der Waals surface area contributed by atoms with Crippen molar-refractivity contribution in [1.82, 2.24) is 4.37 Å². The molecule has 0 N–H and O–H groups in total. The minimum atomic E-state index is 0.783. The van der Waals surface area contributed by atoms with Gasteiger partial charge in [-0.05, 0) is 43.1 Å². The van der Waals surface area contributed by atoms with Crippen LogP contribution in [-0.4, -0.2) is 4.37 Å². The van der Waals surface area contributed by atoms with E-state index in [0.717, 1.165) is 17.8 Å². The summed E-state index contributed by atoms with van der Waals surface area (Å²) in [6, 6.07) is 0. The maximum atomic E-state index is 4.49. The molecular formula is C13H17NS. The number of rotatable bonds is 2. The molecule has 1 fully saturated rings. The molecule has 2 unspecified atom stereocenters. The van der Waals surface area contributed by atoms with Gasteiger partial charge in [-0.15, -0.1) is 0 Å². The molecule has 2 aliphatic carbocycles. The Labute approximate surface area is 95.4 Å². The second-order valence-corrected chi connectivity index (χ2v) is 6.12. The van der Waals surface area contributed by atoms with Crippen molar-refractivity contribution < 1.29 is 0 Å². The van der Waals surface area contributed by atoms with Crippen LogP contribution in [0.5, 0.6) is 0 Å². The van der Waals surface area contributed by atoms with Gasteiger partial charge >= 0.3 is 0 Å². The highest BCUT2D eigenvalue weighted by atomic mass is 32.1. The van der Waals surface area contributed by atoms with Crippen molar-refractivity contribution in [3.05, 3.63) is 21.7 Å². The average Bonchev–Trinajstić information content (AvgIpc) is 2.88. The lowest BCUT2D eigenvalue weighted by Gasteiger charge is -2.14. The maximum Gasteiger partial charge on any atom is 0.0586 e. The topological polar surface area (TPSA) is 12.9 Å². The summed E-state index contributed by atoms with van der Waals surface area (Å²) in [5, 5.41) is 0. The van der Waals surface area contributed by atoms with Crippen LogP contribution in [0.3, 0.4) is 0 Å². The summed E-state index contributed by atoms with van der Waals surface area (Å²) in [5.74, 6) is 2.50. The van der Waals surface area contributed by atoms with Gasteiger partial charge in [-0.3, -0.25) is 0 Å². The van der Waals surface area contributed by atoms with Gasteiger partial charge in [0.2, 0.25) is 0 Å². The molecule has 2 atom stereocenters. The predicted octanol–water partition coefficient (Wildman–Crippen LogP) is 4.00. The summed E-state index contributed by atoms with van der Waals surface area (Å²) in [4.78, 5) is 1.56. The number of fused-ring (bicyclic) bond motifs is 3. The average molecular weight is 219 g/mol. The summed E-state index contributed by atoms with van der Waals surface area (Å²) in [6.07, 6.45) is 5.09. The molecular weight excluding hydrogens is 202 g/mol. The minimum absolute atomic E-state index is 0.783. The van der Waals surface area contributed by atoms with Gasteiger partial charge in [-0.25, -0.2) is 0 Å². The van der Waals surface area contributed by atoms with Crippen molar-refractivity contribution in [1.29, 1.82) is 0 Å². The summed E-state index contributed by atoms with van der Waals surface area (Å²) in [7, 11) is 0. The van der Waals surface area contributed by atoms with E-state index >= 15 is 0 Å². The van der Waals surface area contributed by atoms with Crippen LogP contribution in [-0.2, 0) is 0 Å². The smallest absolute Gasteiger partial charge is 0.0586 e. The van der Waals surface area contributed by atoms with Crippen LogP contribution < -0.4 is 0 Å². The van der Waals surface area contributed by atoms with E-state index in [1.165, 1.54) is 24.1 Å². The fraction of sp³-hybridized carbons (Fsp3) is 0.615. The number of hydrogen-bond acceptors (Lipinski definition) is 2. The molecule has 80 valence electrons. The highest BCUT2D eigenvalue weighted by Crippen LogP contribution is 2.58. The van der Waals surface area contributed by atoms with Gasteiger partial charge in [0, 0.05) is 16.4 Å². The van der Waals surface area contributed by atoms with Gasteiger partial charge in [-0.2, -0.15) is 4.37 Å². The Morgan fingerprint density at radius 2 is 2.27 bits per heavy atom. The SMILES string of the molecule is Cc1nsc2c1C=C(CC(C)C)C1CC21. The van der Waals surface area contributed by atoms with E-state index in [1.807, 2.05) is 0 Å². The van der Waals surface area contributed by atoms with Crippen LogP contribution in [0, 0.1) is 18.8 Å². The highest BCUT2D eigenvalue weighted by Gasteiger charge is 2.45. The zero-order chi connectivity index (χ0) is 10.6. The van der Waals surface area contributed by atoms with Crippen molar-refractivity contribution in [2.75, 3.05) is 0 Å². The summed E-state index contributed by atoms with van der Waals surface area (Å²) in [5.41, 5.74) is 4.38. The third kappa shape index (κ3) is 1.46. The van der Waals surface area contributed by atoms with Gasteiger partial charge in [0.15, 0.2) is 0 Å². The van der Waals surface area contributed by atoms with Crippen molar-refractivity contribution >= 4 is 17.6 Å². The lowest BCUT2D eigenvalue weighted by molar-refractivity contribution is 0.619. The third-order valence-electron chi connectivity index (χ3n) is 3.51.